The van der Waals surface area contributed by atoms with Crippen LogP contribution in [0.15, 0.2) is 0 Å². The molecule has 0 heterocycles. The van der Waals surface area contributed by atoms with Crippen LogP contribution in [0, 0.1) is 11.5 Å². The average molecular weight is 309 g/mol. The van der Waals surface area contributed by atoms with Gasteiger partial charge in [0, 0.05) is 0 Å². The second-order valence-corrected chi connectivity index (χ2v) is 11.5. The summed E-state index contributed by atoms with van der Waals surface area (Å²) in [4.78, 5) is 11.7. The first kappa shape index (κ1) is 17.6. The predicted molar refractivity (Wildman–Crippen MR) is 74.6 cm³/mol. The summed E-state index contributed by atoms with van der Waals surface area (Å²) in [6.07, 6.45) is 0. The number of ether oxygens (including phenoxy) is 1. The van der Waals surface area contributed by atoms with Crippen molar-refractivity contribution in [3.05, 3.63) is 0 Å². The second-order valence-electron chi connectivity index (χ2n) is 6.20. The van der Waals surface area contributed by atoms with Crippen molar-refractivity contribution in [3.63, 3.8) is 0 Å². The van der Waals surface area contributed by atoms with Gasteiger partial charge >= 0.3 is 119 Å². The van der Waals surface area contributed by atoms with Crippen LogP contribution in [0.4, 0.5) is 0 Å². The van der Waals surface area contributed by atoms with Crippen molar-refractivity contribution < 1.29 is 25.1 Å². The Kier molecular flexibility index (Phi) is 6.52. The Balaban J connectivity index is 4.40. The first-order valence-corrected chi connectivity index (χ1v) is 10.00. The average Bonchev–Trinajstić information content (AvgIpc) is 2.10. The molecule has 0 bridgehead atoms. The zero-order valence-corrected chi connectivity index (χ0v) is 14.4. The van der Waals surface area contributed by atoms with Crippen LogP contribution in [0.2, 0.25) is 19.6 Å². The number of rotatable bonds is 3. The number of esters is 1. The van der Waals surface area contributed by atoms with E-state index < -0.39 is 19.7 Å². The van der Waals surface area contributed by atoms with E-state index in [1.54, 1.807) is 6.92 Å². The third-order valence-electron chi connectivity index (χ3n) is 1.64. The van der Waals surface area contributed by atoms with Crippen LogP contribution in [0.25, 0.3) is 0 Å². The number of nitrogens with one attached hydrogen (secondary N) is 1. The summed E-state index contributed by atoms with van der Waals surface area (Å²) >= 11 is 3.81. The van der Waals surface area contributed by atoms with Crippen molar-refractivity contribution in [2.75, 3.05) is 0 Å². The molecule has 0 aromatic carbocycles. The van der Waals surface area contributed by atoms with E-state index in [0.29, 0.717) is 4.54 Å². The normalized spacial score (nSPS) is 13.3. The van der Waals surface area contributed by atoms with E-state index in [4.69, 9.17) is 4.74 Å². The molecule has 0 aromatic heterocycles. The third kappa shape index (κ3) is 9.61. The van der Waals surface area contributed by atoms with Crippen molar-refractivity contribution >= 4 is 18.6 Å². The minimum atomic E-state index is -1.41. The number of carbonyl (C=O) groups is 1. The van der Waals surface area contributed by atoms with Crippen LogP contribution >= 0.6 is 0 Å². The summed E-state index contributed by atoms with van der Waals surface area (Å²) in [5.41, 5.74) is 2.72. The molecular formula is C13H23FeNO2Si+. The van der Waals surface area contributed by atoms with Gasteiger partial charge in [0.2, 0.25) is 0 Å². The maximum atomic E-state index is 11.7. The van der Waals surface area contributed by atoms with Gasteiger partial charge in [-0.2, -0.15) is 0 Å². The van der Waals surface area contributed by atoms with Gasteiger partial charge in [-0.15, -0.1) is 0 Å². The summed E-state index contributed by atoms with van der Waals surface area (Å²) in [5, 5.41) is 2.95. The third-order valence-corrected chi connectivity index (χ3v) is 2.82. The molecule has 18 heavy (non-hydrogen) atoms. The van der Waals surface area contributed by atoms with E-state index in [1.165, 1.54) is 0 Å². The van der Waals surface area contributed by atoms with Crippen molar-refractivity contribution in [1.29, 1.82) is 0 Å². The maximum absolute atomic E-state index is 11.7. The Bertz CT molecular complexity index is 383. The fourth-order valence-electron chi connectivity index (χ4n) is 0.911. The Morgan fingerprint density at radius 1 is 1.33 bits per heavy atom. The van der Waals surface area contributed by atoms with E-state index in [9.17, 15) is 4.79 Å². The Hall–Kier alpha value is -0.404. The molecule has 0 aliphatic carbocycles. The van der Waals surface area contributed by atoms with E-state index in [0.717, 1.165) is 0 Å². The number of carbonyl (C=O) groups excluding carboxylic acids is 1. The molecule has 0 rings (SSSR count). The van der Waals surface area contributed by atoms with E-state index in [1.807, 2.05) is 20.8 Å². The second kappa shape index (κ2) is 6.67. The van der Waals surface area contributed by atoms with Gasteiger partial charge in [-0.1, -0.05) is 0 Å². The summed E-state index contributed by atoms with van der Waals surface area (Å²) in [7, 11) is -1.41. The van der Waals surface area contributed by atoms with Gasteiger partial charge in [-0.3, -0.25) is 0 Å². The van der Waals surface area contributed by atoms with Crippen molar-refractivity contribution in [2.45, 2.75) is 59.0 Å². The molecular weight excluding hydrogens is 286 g/mol. The molecule has 0 amide bonds. The molecule has 0 fully saturated rings. The molecule has 1 N–H and O–H groups in total. The molecule has 0 spiro atoms. The molecule has 0 aliphatic heterocycles. The summed E-state index contributed by atoms with van der Waals surface area (Å²) < 4.78 is 5.83. The van der Waals surface area contributed by atoms with Crippen LogP contribution in [0.1, 0.15) is 27.7 Å². The zero-order chi connectivity index (χ0) is 14.6. The van der Waals surface area contributed by atoms with Gasteiger partial charge in [0.15, 0.2) is 0 Å². The van der Waals surface area contributed by atoms with Crippen molar-refractivity contribution in [2.24, 2.45) is 0 Å². The number of hydrogen-bond acceptors (Lipinski definition) is 3. The summed E-state index contributed by atoms with van der Waals surface area (Å²) in [6, 6.07) is -0.437. The molecule has 0 aromatic rings. The molecule has 0 saturated heterocycles. The molecule has 5 heteroatoms. The molecule has 1 unspecified atom stereocenters. The molecule has 1 atom stereocenters. The quantitative estimate of drug-likeness (QED) is 0.491. The van der Waals surface area contributed by atoms with Gasteiger partial charge in [0.25, 0.3) is 0 Å². The van der Waals surface area contributed by atoms with Gasteiger partial charge in [0.05, 0.1) is 0 Å². The standard InChI is InChI=1S/C13H23NO2Si.Fe/c1-11(12(15)16-13(2,3)4)14-9-8-10-17(5,6)7;/h11,14H,1-7H3;/q;+1. The number of hydrogen-bond donors (Lipinski definition) is 1. The van der Waals surface area contributed by atoms with Gasteiger partial charge < -0.3 is 0 Å². The first-order chi connectivity index (χ1) is 7.91. The Morgan fingerprint density at radius 3 is 2.22 bits per heavy atom. The van der Waals surface area contributed by atoms with Crippen LogP contribution in [-0.2, 0) is 25.1 Å². The fourth-order valence-corrected chi connectivity index (χ4v) is 1.84. The van der Waals surface area contributed by atoms with Crippen LogP contribution in [0.5, 0.6) is 0 Å². The monoisotopic (exact) mass is 309 g/mol. The molecule has 0 saturated carbocycles. The summed E-state index contributed by atoms with van der Waals surface area (Å²) in [6.45, 7) is 13.8. The SMILES string of the molecule is CC(N[C](=[Fe+])C#C[Si](C)(C)C)C(=O)OC(C)(C)C. The Labute approximate surface area is 119 Å². The molecule has 103 valence electrons. The zero-order valence-electron chi connectivity index (χ0n) is 12.2. The minimum absolute atomic E-state index is 0.293. The van der Waals surface area contributed by atoms with Crippen LogP contribution < -0.4 is 5.32 Å². The molecule has 0 aliphatic rings. The molecule has 3 nitrogen and oxygen atoms in total. The predicted octanol–water partition coefficient (Wildman–Crippen LogP) is 1.86. The van der Waals surface area contributed by atoms with E-state index in [2.05, 4.69) is 52.0 Å². The van der Waals surface area contributed by atoms with Crippen LogP contribution in [0.3, 0.4) is 0 Å². The van der Waals surface area contributed by atoms with Crippen LogP contribution in [-0.4, -0.2) is 30.2 Å². The fraction of sp³-hybridized carbons (Fsp3) is 0.692. The van der Waals surface area contributed by atoms with Crippen molar-refractivity contribution in [3.8, 4) is 11.5 Å². The van der Waals surface area contributed by atoms with E-state index in [-0.39, 0.29) is 5.97 Å². The summed E-state index contributed by atoms with van der Waals surface area (Å²) in [5.74, 6) is 2.68. The first-order valence-electron chi connectivity index (χ1n) is 5.94. The van der Waals surface area contributed by atoms with Gasteiger partial charge in [0.1, 0.15) is 0 Å². The van der Waals surface area contributed by atoms with Gasteiger partial charge in [-0.05, 0) is 0 Å². The topological polar surface area (TPSA) is 38.3 Å². The van der Waals surface area contributed by atoms with Crippen molar-refractivity contribution in [1.82, 2.24) is 5.32 Å². The molecule has 0 radical (unpaired) electrons. The Morgan fingerprint density at radius 2 is 1.83 bits per heavy atom. The van der Waals surface area contributed by atoms with E-state index >= 15 is 0 Å². The van der Waals surface area contributed by atoms with Gasteiger partial charge in [-0.25, -0.2) is 0 Å².